The van der Waals surface area contributed by atoms with Crippen LogP contribution in [0.3, 0.4) is 0 Å². The van der Waals surface area contributed by atoms with Crippen molar-refractivity contribution in [3.05, 3.63) is 59.5 Å². The number of amidine groups is 1. The van der Waals surface area contributed by atoms with Crippen molar-refractivity contribution in [2.45, 2.75) is 58.5 Å². The van der Waals surface area contributed by atoms with Crippen LogP contribution in [0.15, 0.2) is 64.5 Å². The van der Waals surface area contributed by atoms with Crippen molar-refractivity contribution in [3.63, 3.8) is 0 Å². The predicted octanol–water partition coefficient (Wildman–Crippen LogP) is 4.61. The molecule has 33 heavy (non-hydrogen) atoms. The van der Waals surface area contributed by atoms with E-state index >= 15 is 0 Å². The van der Waals surface area contributed by atoms with Gasteiger partial charge in [0.05, 0.1) is 11.7 Å². The molecule has 7 nitrogen and oxygen atoms in total. The molecule has 0 bridgehead atoms. The lowest BCUT2D eigenvalue weighted by molar-refractivity contribution is -0.136. The van der Waals surface area contributed by atoms with Crippen LogP contribution in [0.2, 0.25) is 0 Å². The molecule has 0 fully saturated rings. The minimum absolute atomic E-state index is 0.316. The summed E-state index contributed by atoms with van der Waals surface area (Å²) in [6, 6.07) is 6.10. The van der Waals surface area contributed by atoms with Crippen molar-refractivity contribution >= 4 is 28.3 Å². The fourth-order valence-electron chi connectivity index (χ4n) is 4.85. The van der Waals surface area contributed by atoms with Gasteiger partial charge >= 0.3 is 0 Å². The average molecular weight is 448 g/mol. The number of aromatic nitrogens is 2. The highest BCUT2D eigenvalue weighted by atomic mass is 16.3. The van der Waals surface area contributed by atoms with Gasteiger partial charge in [0.2, 0.25) is 0 Å². The number of nitrogens with zero attached hydrogens (tertiary/aromatic N) is 2. The average Bonchev–Trinajstić information content (AvgIpc) is 3.35. The van der Waals surface area contributed by atoms with Crippen LogP contribution in [0, 0.1) is 5.92 Å². The molecule has 4 N–H and O–H groups in total. The summed E-state index contributed by atoms with van der Waals surface area (Å²) in [5.74, 6) is 1.06. The maximum atomic E-state index is 11.9. The first-order valence-corrected chi connectivity index (χ1v) is 11.6. The van der Waals surface area contributed by atoms with E-state index in [0.717, 1.165) is 54.5 Å². The zero-order valence-corrected chi connectivity index (χ0v) is 19.7. The summed E-state index contributed by atoms with van der Waals surface area (Å²) in [6.07, 6.45) is 8.42. The summed E-state index contributed by atoms with van der Waals surface area (Å²) in [6.45, 7) is 9.63. The monoisotopic (exact) mass is 447 g/mol. The molecule has 0 saturated carbocycles. The highest BCUT2D eigenvalue weighted by Gasteiger charge is 2.31. The fraction of sp³-hybridized carbons (Fsp3) is 0.423. The Morgan fingerprint density at radius 2 is 2.24 bits per heavy atom. The lowest BCUT2D eigenvalue weighted by Crippen LogP contribution is -2.42. The number of fused-ring (bicyclic) bond motifs is 1. The second-order valence-corrected chi connectivity index (χ2v) is 9.58. The second kappa shape index (κ2) is 9.35. The van der Waals surface area contributed by atoms with E-state index in [0.29, 0.717) is 12.5 Å². The third-order valence-corrected chi connectivity index (χ3v) is 6.53. The van der Waals surface area contributed by atoms with Gasteiger partial charge < -0.3 is 15.7 Å². The van der Waals surface area contributed by atoms with E-state index in [1.54, 1.807) is 6.20 Å². The highest BCUT2D eigenvalue weighted by molar-refractivity contribution is 6.12. The molecule has 1 unspecified atom stereocenters. The van der Waals surface area contributed by atoms with Gasteiger partial charge in [-0.2, -0.15) is 5.10 Å². The highest BCUT2D eigenvalue weighted by Crippen LogP contribution is 2.44. The van der Waals surface area contributed by atoms with Gasteiger partial charge in [-0.05, 0) is 82.6 Å². The van der Waals surface area contributed by atoms with Crippen LogP contribution in [0.25, 0.3) is 10.9 Å². The molecule has 2 aliphatic carbocycles. The summed E-state index contributed by atoms with van der Waals surface area (Å²) >= 11 is 0. The minimum Gasteiger partial charge on any atom is -0.381 e. The third kappa shape index (κ3) is 5.09. The second-order valence-electron chi connectivity index (χ2n) is 9.58. The molecule has 1 amide bonds. The quantitative estimate of drug-likeness (QED) is 0.368. The first-order valence-electron chi connectivity index (χ1n) is 11.6. The standard InChI is InChI=1S/C26H33N5O2/c1-5-27-24(30-20-7-9-22-19(14-20)15-29-31-22)23-16(2)12-18-13-17(6-8-21(18)23)10-11-28-25(32)26(3,4)33/h5,7,9,14-15,17,33H,1,6,8,10-13H2,2-4H3,(H,27,30)(H,28,32)(H,29,31). The van der Waals surface area contributed by atoms with Gasteiger partial charge in [0.1, 0.15) is 11.4 Å². The Morgan fingerprint density at radius 3 is 3.00 bits per heavy atom. The maximum absolute atomic E-state index is 11.9. The number of aliphatic hydroxyl groups is 1. The van der Waals surface area contributed by atoms with Gasteiger partial charge in [0.25, 0.3) is 5.91 Å². The molecule has 1 aromatic heterocycles. The lowest BCUT2D eigenvalue weighted by Gasteiger charge is -2.26. The van der Waals surface area contributed by atoms with Gasteiger partial charge in [0.15, 0.2) is 0 Å². The number of benzene rings is 1. The molecule has 1 heterocycles. The van der Waals surface area contributed by atoms with Crippen LogP contribution in [-0.2, 0) is 4.79 Å². The maximum Gasteiger partial charge on any atom is 0.251 e. The van der Waals surface area contributed by atoms with Crippen LogP contribution in [-0.4, -0.2) is 39.2 Å². The smallest absolute Gasteiger partial charge is 0.251 e. The van der Waals surface area contributed by atoms with Crippen LogP contribution < -0.4 is 10.6 Å². The number of amides is 1. The fourth-order valence-corrected chi connectivity index (χ4v) is 4.85. The SMILES string of the molecule is C=CN=C(Nc1ccc2[nH]ncc2c1)C1=C(C)CC2=C1CCC(CCNC(=O)C(C)(C)O)C2. The van der Waals surface area contributed by atoms with Gasteiger partial charge in [-0.1, -0.05) is 17.7 Å². The molecule has 0 spiro atoms. The largest absolute Gasteiger partial charge is 0.381 e. The Hall–Kier alpha value is -3.19. The number of carbonyl (C=O) groups excluding carboxylic acids is 1. The van der Waals surface area contributed by atoms with E-state index in [9.17, 15) is 9.90 Å². The topological polar surface area (TPSA) is 102 Å². The van der Waals surface area contributed by atoms with Gasteiger partial charge in [-0.15, -0.1) is 0 Å². The molecule has 0 saturated heterocycles. The minimum atomic E-state index is -1.33. The van der Waals surface area contributed by atoms with E-state index in [1.807, 2.05) is 18.3 Å². The summed E-state index contributed by atoms with van der Waals surface area (Å²) in [7, 11) is 0. The van der Waals surface area contributed by atoms with Crippen molar-refractivity contribution in [2.75, 3.05) is 11.9 Å². The number of aliphatic imine (C=N–C) groups is 1. The van der Waals surface area contributed by atoms with E-state index in [1.165, 1.54) is 36.1 Å². The summed E-state index contributed by atoms with van der Waals surface area (Å²) in [5.41, 5.74) is 6.06. The number of carbonyl (C=O) groups is 1. The molecule has 174 valence electrons. The van der Waals surface area contributed by atoms with Gasteiger partial charge in [-0.3, -0.25) is 9.89 Å². The van der Waals surface area contributed by atoms with Crippen LogP contribution in [0.1, 0.15) is 52.9 Å². The van der Waals surface area contributed by atoms with E-state index in [4.69, 9.17) is 0 Å². The Balaban J connectivity index is 1.45. The Kier molecular flexibility index (Phi) is 6.51. The molecule has 0 radical (unpaired) electrons. The molecular formula is C26H33N5O2. The molecule has 7 heteroatoms. The van der Waals surface area contributed by atoms with E-state index < -0.39 is 5.60 Å². The van der Waals surface area contributed by atoms with Crippen molar-refractivity contribution in [3.8, 4) is 0 Å². The number of anilines is 1. The Morgan fingerprint density at radius 1 is 1.42 bits per heavy atom. The first-order chi connectivity index (χ1) is 15.8. The normalized spacial score (nSPS) is 19.2. The van der Waals surface area contributed by atoms with Crippen molar-refractivity contribution < 1.29 is 9.90 Å². The zero-order valence-electron chi connectivity index (χ0n) is 19.7. The zero-order chi connectivity index (χ0) is 23.6. The number of allylic oxidation sites excluding steroid dienone is 2. The molecule has 1 aromatic carbocycles. The van der Waals surface area contributed by atoms with Gasteiger partial charge in [0, 0.05) is 29.4 Å². The van der Waals surface area contributed by atoms with Crippen LogP contribution >= 0.6 is 0 Å². The summed E-state index contributed by atoms with van der Waals surface area (Å²) in [5, 5.41) is 24.3. The van der Waals surface area contributed by atoms with Crippen molar-refractivity contribution in [1.29, 1.82) is 0 Å². The number of aromatic amines is 1. The van der Waals surface area contributed by atoms with Crippen LogP contribution in [0.5, 0.6) is 0 Å². The number of hydrogen-bond acceptors (Lipinski definition) is 4. The third-order valence-electron chi connectivity index (χ3n) is 6.53. The first kappa shape index (κ1) is 23.0. The molecule has 1 atom stereocenters. The lowest BCUT2D eigenvalue weighted by atomic mass is 9.81. The molecular weight excluding hydrogens is 414 g/mol. The predicted molar refractivity (Wildman–Crippen MR) is 133 cm³/mol. The van der Waals surface area contributed by atoms with Crippen LogP contribution in [0.4, 0.5) is 5.69 Å². The molecule has 4 rings (SSSR count). The van der Waals surface area contributed by atoms with Gasteiger partial charge in [-0.25, -0.2) is 4.99 Å². The number of rotatable bonds is 7. The molecule has 2 aliphatic rings. The Labute approximate surface area is 194 Å². The van der Waals surface area contributed by atoms with E-state index in [-0.39, 0.29) is 5.91 Å². The summed E-state index contributed by atoms with van der Waals surface area (Å²) < 4.78 is 0. The molecule has 2 aromatic rings. The number of H-pyrrole nitrogens is 1. The Bertz CT molecular complexity index is 1160. The van der Waals surface area contributed by atoms with E-state index in [2.05, 4.69) is 45.4 Å². The number of nitrogens with one attached hydrogen (secondary N) is 3. The number of hydrogen-bond donors (Lipinski definition) is 4. The summed E-state index contributed by atoms with van der Waals surface area (Å²) in [4.78, 5) is 16.5. The molecule has 0 aliphatic heterocycles. The van der Waals surface area contributed by atoms with Crippen molar-refractivity contribution in [2.24, 2.45) is 10.9 Å². The van der Waals surface area contributed by atoms with Crippen molar-refractivity contribution in [1.82, 2.24) is 15.5 Å².